The number of aryl methyl sites for hydroxylation is 1. The van der Waals surface area contributed by atoms with Gasteiger partial charge >= 0.3 is 5.97 Å². The van der Waals surface area contributed by atoms with Crippen molar-refractivity contribution in [1.29, 1.82) is 0 Å². The molecule has 0 saturated heterocycles. The van der Waals surface area contributed by atoms with Gasteiger partial charge in [-0.25, -0.2) is 0 Å². The van der Waals surface area contributed by atoms with E-state index in [0.717, 1.165) is 67.8 Å². The monoisotopic (exact) mass is 715 g/mol. The Morgan fingerprint density at radius 2 is 1.10 bits per heavy atom. The highest BCUT2D eigenvalue weighted by atomic mass is 16.5. The number of rotatable bonds is 26. The summed E-state index contributed by atoms with van der Waals surface area (Å²) in [5, 5.41) is 0. The Bertz CT molecular complexity index is 1220. The van der Waals surface area contributed by atoms with E-state index in [-0.39, 0.29) is 36.1 Å². The van der Waals surface area contributed by atoms with Crippen LogP contribution in [0.3, 0.4) is 0 Å². The van der Waals surface area contributed by atoms with Crippen molar-refractivity contribution in [3.8, 4) is 0 Å². The molecule has 7 atom stereocenters. The molecular formula is C49H78O3. The van der Waals surface area contributed by atoms with Crippen molar-refractivity contribution in [2.45, 2.75) is 171 Å². The quantitative estimate of drug-likeness (QED) is 0.0911. The maximum absolute atomic E-state index is 14.3. The van der Waals surface area contributed by atoms with Crippen LogP contribution in [0.4, 0.5) is 0 Å². The Kier molecular flexibility index (Phi) is 21.0. The summed E-state index contributed by atoms with van der Waals surface area (Å²) in [7, 11) is 0. The third kappa shape index (κ3) is 17.6. The normalized spacial score (nSPS) is 20.9. The molecule has 1 aliphatic rings. The van der Waals surface area contributed by atoms with Crippen LogP contribution in [0.2, 0.25) is 0 Å². The molecule has 7 unspecified atom stereocenters. The molecule has 2 aromatic rings. The Balaban J connectivity index is 1.71. The molecule has 0 N–H and O–H groups in total. The van der Waals surface area contributed by atoms with Crippen LogP contribution >= 0.6 is 0 Å². The first-order valence-electron chi connectivity index (χ1n) is 21.8. The summed E-state index contributed by atoms with van der Waals surface area (Å²) >= 11 is 0. The SMILES string of the molecule is CC(C)CCCC(C)CCCC(C)CCC1CC(CCCC(C)CCCC(C)C)CC(C(=O)OCc2ccccc2)C1C(=O)CCc1ccccc1. The van der Waals surface area contributed by atoms with Gasteiger partial charge in [-0.1, -0.05) is 193 Å². The van der Waals surface area contributed by atoms with Gasteiger partial charge in [0.1, 0.15) is 12.4 Å². The van der Waals surface area contributed by atoms with Crippen LogP contribution in [0.5, 0.6) is 0 Å². The van der Waals surface area contributed by atoms with Crippen LogP contribution in [-0.4, -0.2) is 11.8 Å². The van der Waals surface area contributed by atoms with Gasteiger partial charge in [0.2, 0.25) is 0 Å². The highest BCUT2D eigenvalue weighted by molar-refractivity contribution is 5.87. The van der Waals surface area contributed by atoms with Gasteiger partial charge in [-0.05, 0) is 78.2 Å². The van der Waals surface area contributed by atoms with Crippen LogP contribution < -0.4 is 0 Å². The molecule has 52 heavy (non-hydrogen) atoms. The van der Waals surface area contributed by atoms with Crippen molar-refractivity contribution in [2.75, 3.05) is 0 Å². The van der Waals surface area contributed by atoms with Crippen LogP contribution in [-0.2, 0) is 27.4 Å². The molecule has 0 spiro atoms. The fourth-order valence-corrected chi connectivity index (χ4v) is 8.93. The van der Waals surface area contributed by atoms with E-state index in [1.54, 1.807) is 0 Å². The highest BCUT2D eigenvalue weighted by Gasteiger charge is 2.45. The molecule has 3 heteroatoms. The van der Waals surface area contributed by atoms with Crippen molar-refractivity contribution in [2.24, 2.45) is 53.3 Å². The average Bonchev–Trinajstić information content (AvgIpc) is 3.12. The van der Waals surface area contributed by atoms with Crippen LogP contribution in [0.25, 0.3) is 0 Å². The molecule has 3 nitrogen and oxygen atoms in total. The Hall–Kier alpha value is -2.42. The maximum Gasteiger partial charge on any atom is 0.310 e. The smallest absolute Gasteiger partial charge is 0.310 e. The molecular weight excluding hydrogens is 637 g/mol. The molecule has 292 valence electrons. The minimum atomic E-state index is -0.346. The van der Waals surface area contributed by atoms with E-state index < -0.39 is 0 Å². The summed E-state index contributed by atoms with van der Waals surface area (Å²) in [5.74, 6) is 4.01. The van der Waals surface area contributed by atoms with Gasteiger partial charge in [-0.15, -0.1) is 0 Å². The number of carbonyl (C=O) groups excluding carboxylic acids is 2. The lowest BCUT2D eigenvalue weighted by atomic mass is 9.63. The number of benzene rings is 2. The molecule has 0 amide bonds. The van der Waals surface area contributed by atoms with Crippen LogP contribution in [0.1, 0.15) is 169 Å². The summed E-state index contributed by atoms with van der Waals surface area (Å²) in [4.78, 5) is 28.4. The number of Topliss-reactive ketones (excluding diaryl/α,β-unsaturated/α-hetero) is 1. The van der Waals surface area contributed by atoms with Gasteiger partial charge in [0.15, 0.2) is 0 Å². The summed E-state index contributed by atoms with van der Waals surface area (Å²) in [6, 6.07) is 20.4. The summed E-state index contributed by atoms with van der Waals surface area (Å²) in [5.41, 5.74) is 2.19. The van der Waals surface area contributed by atoms with E-state index in [9.17, 15) is 9.59 Å². The lowest BCUT2D eigenvalue weighted by molar-refractivity contribution is -0.159. The number of hydrogen-bond donors (Lipinski definition) is 0. The maximum atomic E-state index is 14.3. The second-order valence-corrected chi connectivity index (χ2v) is 18.2. The molecule has 0 aliphatic heterocycles. The Morgan fingerprint density at radius 1 is 0.596 bits per heavy atom. The zero-order chi connectivity index (χ0) is 37.7. The zero-order valence-corrected chi connectivity index (χ0v) is 34.6. The van der Waals surface area contributed by atoms with Gasteiger partial charge in [-0.2, -0.15) is 0 Å². The summed E-state index contributed by atoms with van der Waals surface area (Å²) in [6.07, 6.45) is 20.8. The Labute approximate surface area is 320 Å². The van der Waals surface area contributed by atoms with Crippen molar-refractivity contribution in [3.05, 3.63) is 71.8 Å². The fourth-order valence-electron chi connectivity index (χ4n) is 8.93. The second-order valence-electron chi connectivity index (χ2n) is 18.2. The first-order valence-corrected chi connectivity index (χ1v) is 21.8. The number of esters is 1. The standard InChI is InChI=1S/C49H78O3/c1-37(2)18-14-20-39(5)22-16-23-41(7)30-32-45-34-44(29-17-24-40(6)21-15-19-38(3)4)35-46(49(51)52-36-43-27-12-9-13-28-43)48(45)47(50)33-31-42-25-10-8-11-26-42/h8-13,25-28,37-41,44-46,48H,14-24,29-36H2,1-7H3. The molecule has 1 fully saturated rings. The first kappa shape index (κ1) is 44.0. The minimum absolute atomic E-state index is 0.154. The van der Waals surface area contributed by atoms with E-state index in [4.69, 9.17) is 4.74 Å². The lowest BCUT2D eigenvalue weighted by Crippen LogP contribution is -2.42. The predicted molar refractivity (Wildman–Crippen MR) is 221 cm³/mol. The third-order valence-electron chi connectivity index (χ3n) is 12.3. The van der Waals surface area contributed by atoms with Crippen molar-refractivity contribution in [1.82, 2.24) is 0 Å². The molecule has 2 aromatic carbocycles. The summed E-state index contributed by atoms with van der Waals surface area (Å²) < 4.78 is 6.06. The molecule has 1 aliphatic carbocycles. The van der Waals surface area contributed by atoms with Crippen molar-refractivity contribution in [3.63, 3.8) is 0 Å². The second kappa shape index (κ2) is 24.8. The van der Waals surface area contributed by atoms with Crippen molar-refractivity contribution >= 4 is 11.8 Å². The number of ether oxygens (including phenoxy) is 1. The van der Waals surface area contributed by atoms with E-state index >= 15 is 0 Å². The topological polar surface area (TPSA) is 43.4 Å². The molecule has 3 rings (SSSR count). The van der Waals surface area contributed by atoms with Gasteiger partial charge in [0, 0.05) is 12.3 Å². The van der Waals surface area contributed by atoms with Gasteiger partial charge in [0.25, 0.3) is 0 Å². The van der Waals surface area contributed by atoms with Crippen LogP contribution in [0, 0.1) is 53.3 Å². The number of ketones is 1. The fraction of sp³-hybridized carbons (Fsp3) is 0.714. The largest absolute Gasteiger partial charge is 0.461 e. The Morgan fingerprint density at radius 3 is 1.65 bits per heavy atom. The zero-order valence-electron chi connectivity index (χ0n) is 34.6. The van der Waals surface area contributed by atoms with E-state index in [2.05, 4.69) is 72.7 Å². The van der Waals surface area contributed by atoms with Gasteiger partial charge in [0.05, 0.1) is 5.92 Å². The predicted octanol–water partition coefficient (Wildman–Crippen LogP) is 13.9. The molecule has 0 bridgehead atoms. The first-order chi connectivity index (χ1) is 25.0. The number of hydrogen-bond acceptors (Lipinski definition) is 3. The lowest BCUT2D eigenvalue weighted by Gasteiger charge is -2.41. The summed E-state index contributed by atoms with van der Waals surface area (Å²) in [6.45, 7) is 16.8. The molecule has 0 aromatic heterocycles. The van der Waals surface area contributed by atoms with E-state index in [1.165, 1.54) is 76.2 Å². The van der Waals surface area contributed by atoms with Crippen LogP contribution in [0.15, 0.2) is 60.7 Å². The minimum Gasteiger partial charge on any atom is -0.461 e. The third-order valence-corrected chi connectivity index (χ3v) is 12.3. The highest BCUT2D eigenvalue weighted by Crippen LogP contribution is 2.45. The molecule has 1 saturated carbocycles. The van der Waals surface area contributed by atoms with E-state index in [1.807, 2.05) is 36.4 Å². The van der Waals surface area contributed by atoms with Crippen molar-refractivity contribution < 1.29 is 14.3 Å². The average molecular weight is 715 g/mol. The molecule has 0 radical (unpaired) electrons. The van der Waals surface area contributed by atoms with Gasteiger partial charge < -0.3 is 4.74 Å². The van der Waals surface area contributed by atoms with Gasteiger partial charge in [-0.3, -0.25) is 9.59 Å². The van der Waals surface area contributed by atoms with E-state index in [0.29, 0.717) is 18.3 Å². The molecule has 0 heterocycles. The number of carbonyl (C=O) groups is 2.